The van der Waals surface area contributed by atoms with E-state index < -0.39 is 11.2 Å². The summed E-state index contributed by atoms with van der Waals surface area (Å²) in [5.74, 6) is -0.644. The van der Waals surface area contributed by atoms with Crippen molar-refractivity contribution in [1.29, 1.82) is 5.26 Å². The minimum atomic E-state index is -0.644. The second kappa shape index (κ2) is 4.30. The van der Waals surface area contributed by atoms with Crippen LogP contribution in [0.15, 0.2) is 24.3 Å². The van der Waals surface area contributed by atoms with Crippen LogP contribution in [0.3, 0.4) is 0 Å². The highest BCUT2D eigenvalue weighted by Crippen LogP contribution is 2.53. The van der Waals surface area contributed by atoms with Crippen molar-refractivity contribution in [3.63, 3.8) is 0 Å². The van der Waals surface area contributed by atoms with Gasteiger partial charge in [-0.05, 0) is 11.6 Å². The van der Waals surface area contributed by atoms with E-state index >= 15 is 0 Å². The fourth-order valence-corrected chi connectivity index (χ4v) is 2.74. The normalized spacial score (nSPS) is 20.4. The van der Waals surface area contributed by atoms with E-state index in [9.17, 15) is 5.26 Å². The quantitative estimate of drug-likeness (QED) is 0.776. The van der Waals surface area contributed by atoms with E-state index in [1.807, 2.05) is 18.2 Å². The first-order valence-corrected chi connectivity index (χ1v) is 5.76. The van der Waals surface area contributed by atoms with Crippen molar-refractivity contribution < 1.29 is 9.47 Å². The Kier molecular flexibility index (Phi) is 3.13. The van der Waals surface area contributed by atoms with Gasteiger partial charge in [0, 0.05) is 32.1 Å². The van der Waals surface area contributed by atoms with Gasteiger partial charge in [-0.25, -0.2) is 0 Å². The molecule has 2 rings (SSSR count). The fraction of sp³-hybridized carbons (Fsp3) is 0.462. The second-order valence-electron chi connectivity index (χ2n) is 4.35. The number of nitrogens with zero attached hydrogens (tertiary/aromatic N) is 1. The van der Waals surface area contributed by atoms with Crippen molar-refractivity contribution in [2.24, 2.45) is 0 Å². The highest BCUT2D eigenvalue weighted by Gasteiger charge is 2.58. The van der Waals surface area contributed by atoms with Crippen molar-refractivity contribution >= 4 is 11.6 Å². The van der Waals surface area contributed by atoms with E-state index in [-0.39, 0.29) is 0 Å². The molecule has 0 atom stereocenters. The highest BCUT2D eigenvalue weighted by atomic mass is 35.5. The minimum absolute atomic E-state index is 0.507. The molecule has 1 saturated carbocycles. The van der Waals surface area contributed by atoms with Crippen molar-refractivity contribution in [1.82, 2.24) is 0 Å². The number of hydrogen-bond acceptors (Lipinski definition) is 3. The summed E-state index contributed by atoms with van der Waals surface area (Å²) in [6, 6.07) is 9.79. The zero-order chi connectivity index (χ0) is 12.5. The van der Waals surface area contributed by atoms with Crippen molar-refractivity contribution in [3.05, 3.63) is 34.9 Å². The van der Waals surface area contributed by atoms with Gasteiger partial charge in [0.05, 0.1) is 11.5 Å². The summed E-state index contributed by atoms with van der Waals surface area (Å²) in [5, 5.41) is 10.0. The number of rotatable bonds is 3. The molecule has 1 aliphatic rings. The summed E-state index contributed by atoms with van der Waals surface area (Å²) in [7, 11) is 3.19. The molecule has 0 unspecified atom stereocenters. The number of halogens is 1. The van der Waals surface area contributed by atoms with Crippen molar-refractivity contribution in [3.8, 4) is 6.07 Å². The maximum Gasteiger partial charge on any atom is 0.171 e. The van der Waals surface area contributed by atoms with E-state index in [0.29, 0.717) is 17.9 Å². The van der Waals surface area contributed by atoms with Crippen LogP contribution >= 0.6 is 11.6 Å². The number of ether oxygens (including phenoxy) is 2. The van der Waals surface area contributed by atoms with Crippen LogP contribution in [0.1, 0.15) is 18.4 Å². The van der Waals surface area contributed by atoms with Crippen LogP contribution in [-0.4, -0.2) is 20.0 Å². The molecule has 0 saturated heterocycles. The Hall–Kier alpha value is -1.08. The van der Waals surface area contributed by atoms with Gasteiger partial charge >= 0.3 is 0 Å². The van der Waals surface area contributed by atoms with Crippen LogP contribution in [0.5, 0.6) is 0 Å². The van der Waals surface area contributed by atoms with Crippen LogP contribution in [-0.2, 0) is 14.9 Å². The van der Waals surface area contributed by atoms with Gasteiger partial charge < -0.3 is 9.47 Å². The Labute approximate surface area is 106 Å². The van der Waals surface area contributed by atoms with Gasteiger partial charge in [0.25, 0.3) is 0 Å². The third kappa shape index (κ3) is 1.83. The Bertz CT molecular complexity index is 455. The largest absolute Gasteiger partial charge is 0.353 e. The lowest BCUT2D eigenvalue weighted by molar-refractivity contribution is -0.269. The molecule has 90 valence electrons. The Morgan fingerprint density at radius 1 is 1.24 bits per heavy atom. The average molecular weight is 252 g/mol. The van der Waals surface area contributed by atoms with Gasteiger partial charge in [-0.1, -0.05) is 29.8 Å². The Balaban J connectivity index is 2.33. The fourth-order valence-electron chi connectivity index (χ4n) is 2.42. The van der Waals surface area contributed by atoms with Crippen LogP contribution in [0, 0.1) is 11.3 Å². The average Bonchev–Trinajstić information content (AvgIpc) is 2.32. The topological polar surface area (TPSA) is 42.2 Å². The summed E-state index contributed by atoms with van der Waals surface area (Å²) in [6.07, 6.45) is 1.01. The third-order valence-electron chi connectivity index (χ3n) is 3.49. The summed E-state index contributed by atoms with van der Waals surface area (Å²) in [5.41, 5.74) is 0.263. The molecule has 1 aliphatic carbocycles. The van der Waals surface area contributed by atoms with Crippen LogP contribution in [0.25, 0.3) is 0 Å². The zero-order valence-electron chi connectivity index (χ0n) is 9.87. The number of benzene rings is 1. The van der Waals surface area contributed by atoms with E-state index in [4.69, 9.17) is 21.1 Å². The molecule has 0 spiro atoms. The molecule has 1 fully saturated rings. The van der Waals surface area contributed by atoms with E-state index in [1.165, 1.54) is 0 Å². The summed E-state index contributed by atoms with van der Waals surface area (Å²) in [4.78, 5) is 0. The third-order valence-corrected chi connectivity index (χ3v) is 3.82. The summed E-state index contributed by atoms with van der Waals surface area (Å²) >= 11 is 6.15. The van der Waals surface area contributed by atoms with Gasteiger partial charge in [0.1, 0.15) is 0 Å². The predicted octanol–water partition coefficient (Wildman–Crippen LogP) is 2.88. The van der Waals surface area contributed by atoms with E-state index in [2.05, 4.69) is 6.07 Å². The lowest BCUT2D eigenvalue weighted by Gasteiger charge is -2.50. The lowest BCUT2D eigenvalue weighted by atomic mass is 9.61. The molecule has 0 radical (unpaired) electrons. The maximum absolute atomic E-state index is 9.42. The molecule has 0 aromatic heterocycles. The molecule has 3 nitrogen and oxygen atoms in total. The molecular formula is C13H14ClNO2. The van der Waals surface area contributed by atoms with Gasteiger partial charge in [-0.3, -0.25) is 0 Å². The smallest absolute Gasteiger partial charge is 0.171 e. The molecule has 0 amide bonds. The Morgan fingerprint density at radius 2 is 1.82 bits per heavy atom. The van der Waals surface area contributed by atoms with Gasteiger partial charge in [0.2, 0.25) is 0 Å². The predicted molar refractivity (Wildman–Crippen MR) is 64.7 cm³/mol. The number of hydrogen-bond donors (Lipinski definition) is 0. The molecule has 0 bridgehead atoms. The zero-order valence-corrected chi connectivity index (χ0v) is 10.6. The summed E-state index contributed by atoms with van der Waals surface area (Å²) < 4.78 is 10.6. The first-order valence-electron chi connectivity index (χ1n) is 5.38. The van der Waals surface area contributed by atoms with Crippen LogP contribution in [0.2, 0.25) is 5.02 Å². The standard InChI is InChI=1S/C13H14ClNO2/c1-16-13(17-2)7-12(8-13,9-15)10-5-3-4-6-11(10)14/h3-6H,7-8H2,1-2H3. The van der Waals surface area contributed by atoms with Crippen molar-refractivity contribution in [2.45, 2.75) is 24.0 Å². The first-order chi connectivity index (χ1) is 8.11. The van der Waals surface area contributed by atoms with E-state index in [0.717, 1.165) is 5.56 Å². The summed E-state index contributed by atoms with van der Waals surface area (Å²) in [6.45, 7) is 0. The molecule has 1 aromatic rings. The highest BCUT2D eigenvalue weighted by molar-refractivity contribution is 6.31. The number of methoxy groups -OCH3 is 2. The van der Waals surface area contributed by atoms with Crippen LogP contribution in [0.4, 0.5) is 0 Å². The molecular weight excluding hydrogens is 238 g/mol. The minimum Gasteiger partial charge on any atom is -0.353 e. The molecule has 0 heterocycles. The van der Waals surface area contributed by atoms with Crippen molar-refractivity contribution in [2.75, 3.05) is 14.2 Å². The van der Waals surface area contributed by atoms with Gasteiger partial charge in [-0.15, -0.1) is 0 Å². The van der Waals surface area contributed by atoms with E-state index in [1.54, 1.807) is 20.3 Å². The molecule has 0 N–H and O–H groups in total. The number of nitriles is 1. The SMILES string of the molecule is COC1(OC)CC(C#N)(c2ccccc2Cl)C1. The van der Waals surface area contributed by atoms with Gasteiger partial charge in [-0.2, -0.15) is 5.26 Å². The van der Waals surface area contributed by atoms with Crippen LogP contribution < -0.4 is 0 Å². The molecule has 1 aromatic carbocycles. The molecule has 17 heavy (non-hydrogen) atoms. The monoisotopic (exact) mass is 251 g/mol. The van der Waals surface area contributed by atoms with Gasteiger partial charge in [0.15, 0.2) is 5.79 Å². The Morgan fingerprint density at radius 3 is 2.29 bits per heavy atom. The first kappa shape index (κ1) is 12.4. The molecule has 0 aliphatic heterocycles. The lowest BCUT2D eigenvalue weighted by Crippen LogP contribution is -2.56. The second-order valence-corrected chi connectivity index (χ2v) is 4.75. The molecule has 4 heteroatoms. The maximum atomic E-state index is 9.42.